The molecule has 136 valence electrons. The van der Waals surface area contributed by atoms with Gasteiger partial charge in [0.25, 0.3) is 0 Å². The topological polar surface area (TPSA) is 48.9 Å². The van der Waals surface area contributed by atoms with E-state index in [4.69, 9.17) is 4.74 Å². The van der Waals surface area contributed by atoms with Crippen LogP contribution in [0.5, 0.6) is 5.75 Å². The minimum absolute atomic E-state index is 0. The summed E-state index contributed by atoms with van der Waals surface area (Å²) in [6.45, 7) is 8.95. The van der Waals surface area contributed by atoms with Crippen LogP contribution in [0, 0.1) is 6.92 Å². The molecule has 0 aliphatic carbocycles. The Balaban J connectivity index is 0.00000288. The standard InChI is InChI=1S/C18H30N4O.HI/c1-4-22-11-6-8-16(22)14-21-18(19-3)20-10-12-23-17-9-5-7-15(2)13-17;/h5,7,9,13,16H,4,6,8,10-12,14H2,1-3H3,(H2,19,20,21);1H. The van der Waals surface area contributed by atoms with Gasteiger partial charge in [-0.15, -0.1) is 24.0 Å². The predicted molar refractivity (Wildman–Crippen MR) is 112 cm³/mol. The molecule has 1 aromatic carbocycles. The molecule has 1 heterocycles. The molecular weight excluding hydrogens is 415 g/mol. The zero-order valence-corrected chi connectivity index (χ0v) is 17.4. The van der Waals surface area contributed by atoms with E-state index in [1.54, 1.807) is 0 Å². The molecule has 1 saturated heterocycles. The molecule has 0 saturated carbocycles. The number of halogens is 1. The summed E-state index contributed by atoms with van der Waals surface area (Å²) in [4.78, 5) is 6.81. The molecule has 1 unspecified atom stereocenters. The third kappa shape index (κ3) is 6.84. The van der Waals surface area contributed by atoms with Crippen LogP contribution in [0.1, 0.15) is 25.3 Å². The lowest BCUT2D eigenvalue weighted by Crippen LogP contribution is -2.45. The lowest BCUT2D eigenvalue weighted by molar-refractivity contribution is 0.266. The molecule has 0 bridgehead atoms. The van der Waals surface area contributed by atoms with Crippen molar-refractivity contribution in [3.8, 4) is 5.75 Å². The molecule has 1 atom stereocenters. The Morgan fingerprint density at radius 2 is 2.21 bits per heavy atom. The van der Waals surface area contributed by atoms with E-state index in [0.717, 1.165) is 31.3 Å². The highest BCUT2D eigenvalue weighted by atomic mass is 127. The fourth-order valence-corrected chi connectivity index (χ4v) is 3.02. The summed E-state index contributed by atoms with van der Waals surface area (Å²) in [5.74, 6) is 1.76. The third-order valence-electron chi connectivity index (χ3n) is 4.29. The van der Waals surface area contributed by atoms with E-state index in [0.29, 0.717) is 12.6 Å². The first-order valence-electron chi connectivity index (χ1n) is 8.61. The molecule has 2 N–H and O–H groups in total. The highest BCUT2D eigenvalue weighted by Gasteiger charge is 2.22. The van der Waals surface area contributed by atoms with E-state index in [-0.39, 0.29) is 24.0 Å². The second kappa shape index (κ2) is 11.5. The minimum atomic E-state index is 0. The second-order valence-corrected chi connectivity index (χ2v) is 5.97. The lowest BCUT2D eigenvalue weighted by atomic mass is 10.2. The molecule has 0 aromatic heterocycles. The van der Waals surface area contributed by atoms with Crippen molar-refractivity contribution in [1.82, 2.24) is 15.5 Å². The maximum Gasteiger partial charge on any atom is 0.191 e. The number of guanidine groups is 1. The van der Waals surface area contributed by atoms with Crippen LogP contribution in [0.2, 0.25) is 0 Å². The number of rotatable bonds is 7. The van der Waals surface area contributed by atoms with E-state index >= 15 is 0 Å². The van der Waals surface area contributed by atoms with Crippen molar-refractivity contribution in [2.75, 3.05) is 39.8 Å². The van der Waals surface area contributed by atoms with Crippen molar-refractivity contribution in [2.24, 2.45) is 4.99 Å². The van der Waals surface area contributed by atoms with E-state index < -0.39 is 0 Å². The lowest BCUT2D eigenvalue weighted by Gasteiger charge is -2.24. The Hall–Kier alpha value is -1.02. The van der Waals surface area contributed by atoms with Gasteiger partial charge in [-0.25, -0.2) is 0 Å². The van der Waals surface area contributed by atoms with Crippen molar-refractivity contribution in [3.63, 3.8) is 0 Å². The molecule has 6 heteroatoms. The number of hydrogen-bond donors (Lipinski definition) is 2. The van der Waals surface area contributed by atoms with Crippen LogP contribution in [0.3, 0.4) is 0 Å². The van der Waals surface area contributed by atoms with E-state index in [1.165, 1.54) is 24.9 Å². The van der Waals surface area contributed by atoms with Gasteiger partial charge in [0.05, 0.1) is 6.54 Å². The molecule has 24 heavy (non-hydrogen) atoms. The number of likely N-dealkylation sites (tertiary alicyclic amines) is 1. The molecule has 2 rings (SSSR count). The van der Waals surface area contributed by atoms with Crippen LogP contribution in [0.4, 0.5) is 0 Å². The Bertz CT molecular complexity index is 510. The number of nitrogens with zero attached hydrogens (tertiary/aromatic N) is 2. The Morgan fingerprint density at radius 1 is 1.38 bits per heavy atom. The van der Waals surface area contributed by atoms with Crippen LogP contribution < -0.4 is 15.4 Å². The summed E-state index contributed by atoms with van der Waals surface area (Å²) in [6, 6.07) is 8.74. The fourth-order valence-electron chi connectivity index (χ4n) is 3.02. The van der Waals surface area contributed by atoms with E-state index in [9.17, 15) is 0 Å². The van der Waals surface area contributed by atoms with Crippen molar-refractivity contribution in [3.05, 3.63) is 29.8 Å². The molecule has 1 aromatic rings. The predicted octanol–water partition coefficient (Wildman–Crippen LogP) is 2.64. The fraction of sp³-hybridized carbons (Fsp3) is 0.611. The van der Waals surface area contributed by atoms with Crippen molar-refractivity contribution >= 4 is 29.9 Å². The number of nitrogens with one attached hydrogen (secondary N) is 2. The number of hydrogen-bond acceptors (Lipinski definition) is 3. The molecule has 5 nitrogen and oxygen atoms in total. The van der Waals surface area contributed by atoms with E-state index in [2.05, 4.69) is 40.4 Å². The average Bonchev–Trinajstić information content (AvgIpc) is 3.02. The first-order chi connectivity index (χ1) is 11.2. The number of benzene rings is 1. The monoisotopic (exact) mass is 446 g/mol. The van der Waals surface area contributed by atoms with Gasteiger partial charge in [0, 0.05) is 19.6 Å². The number of likely N-dealkylation sites (N-methyl/N-ethyl adjacent to an activating group) is 1. The van der Waals surface area contributed by atoms with E-state index in [1.807, 2.05) is 25.2 Å². The van der Waals surface area contributed by atoms with Gasteiger partial charge < -0.3 is 15.4 Å². The van der Waals surface area contributed by atoms with Crippen LogP contribution in [0.15, 0.2) is 29.3 Å². The molecule has 1 fully saturated rings. The number of ether oxygens (including phenoxy) is 1. The molecular formula is C18H31IN4O. The zero-order chi connectivity index (χ0) is 16.5. The van der Waals surface area contributed by atoms with Gasteiger partial charge in [-0.2, -0.15) is 0 Å². The van der Waals surface area contributed by atoms with Gasteiger partial charge in [-0.05, 0) is 50.6 Å². The molecule has 1 aliphatic rings. The first kappa shape index (κ1) is 21.0. The van der Waals surface area contributed by atoms with Crippen molar-refractivity contribution in [2.45, 2.75) is 32.7 Å². The Labute approximate surface area is 163 Å². The van der Waals surface area contributed by atoms with Gasteiger partial charge in [0.2, 0.25) is 0 Å². The van der Waals surface area contributed by atoms with Crippen LogP contribution in [0.25, 0.3) is 0 Å². The average molecular weight is 446 g/mol. The summed E-state index contributed by atoms with van der Waals surface area (Å²) in [5.41, 5.74) is 1.21. The maximum atomic E-state index is 5.74. The maximum absolute atomic E-state index is 5.74. The summed E-state index contributed by atoms with van der Waals surface area (Å²) in [5, 5.41) is 6.73. The number of aryl methyl sites for hydroxylation is 1. The Morgan fingerprint density at radius 3 is 2.92 bits per heavy atom. The smallest absolute Gasteiger partial charge is 0.191 e. The minimum Gasteiger partial charge on any atom is -0.492 e. The molecule has 0 amide bonds. The molecule has 0 spiro atoms. The summed E-state index contributed by atoms with van der Waals surface area (Å²) in [7, 11) is 1.81. The van der Waals surface area contributed by atoms with Crippen LogP contribution in [-0.2, 0) is 0 Å². The van der Waals surface area contributed by atoms with Crippen molar-refractivity contribution < 1.29 is 4.74 Å². The third-order valence-corrected chi connectivity index (χ3v) is 4.29. The van der Waals surface area contributed by atoms with Crippen molar-refractivity contribution in [1.29, 1.82) is 0 Å². The highest BCUT2D eigenvalue weighted by molar-refractivity contribution is 14.0. The molecule has 1 aliphatic heterocycles. The highest BCUT2D eigenvalue weighted by Crippen LogP contribution is 2.15. The van der Waals surface area contributed by atoms with Crippen LogP contribution >= 0.6 is 24.0 Å². The summed E-state index contributed by atoms with van der Waals surface area (Å²) >= 11 is 0. The largest absolute Gasteiger partial charge is 0.492 e. The number of aliphatic imine (C=N–C) groups is 1. The second-order valence-electron chi connectivity index (χ2n) is 5.97. The SMILES string of the molecule is CCN1CCCC1CNC(=NC)NCCOc1cccc(C)c1.I. The molecule has 0 radical (unpaired) electrons. The van der Waals surface area contributed by atoms with Gasteiger partial charge in [-0.1, -0.05) is 19.1 Å². The van der Waals surface area contributed by atoms with Gasteiger partial charge >= 0.3 is 0 Å². The van der Waals surface area contributed by atoms with Gasteiger partial charge in [-0.3, -0.25) is 9.89 Å². The van der Waals surface area contributed by atoms with Gasteiger partial charge in [0.15, 0.2) is 5.96 Å². The Kier molecular flexibility index (Phi) is 10.1. The zero-order valence-electron chi connectivity index (χ0n) is 15.0. The summed E-state index contributed by atoms with van der Waals surface area (Å²) in [6.07, 6.45) is 2.57. The summed E-state index contributed by atoms with van der Waals surface area (Å²) < 4.78 is 5.74. The normalized spacial score (nSPS) is 18.1. The van der Waals surface area contributed by atoms with Crippen LogP contribution in [-0.4, -0.2) is 56.7 Å². The first-order valence-corrected chi connectivity index (χ1v) is 8.61. The van der Waals surface area contributed by atoms with Gasteiger partial charge in [0.1, 0.15) is 12.4 Å². The quantitative estimate of drug-likeness (QED) is 0.293.